The number of benzene rings is 2. The van der Waals surface area contributed by atoms with Crippen LogP contribution in [-0.4, -0.2) is 5.91 Å². The van der Waals surface area contributed by atoms with Gasteiger partial charge >= 0.3 is 0 Å². The molecule has 0 spiro atoms. The molecule has 0 bridgehead atoms. The molecule has 0 aliphatic rings. The maximum absolute atomic E-state index is 12.1. The Labute approximate surface area is 108 Å². The lowest BCUT2D eigenvalue weighted by molar-refractivity contribution is 0.102. The van der Waals surface area contributed by atoms with Crippen molar-refractivity contribution in [2.45, 2.75) is 20.3 Å². The van der Waals surface area contributed by atoms with Crippen LogP contribution in [-0.2, 0) is 6.42 Å². The van der Waals surface area contributed by atoms with Gasteiger partial charge in [-0.1, -0.05) is 31.2 Å². The van der Waals surface area contributed by atoms with Crippen LogP contribution < -0.4 is 5.32 Å². The third kappa shape index (κ3) is 2.98. The van der Waals surface area contributed by atoms with Gasteiger partial charge in [0.25, 0.3) is 5.91 Å². The zero-order chi connectivity index (χ0) is 13.0. The molecule has 0 saturated carbocycles. The summed E-state index contributed by atoms with van der Waals surface area (Å²) in [6.07, 6.45) is 0.936. The first kappa shape index (κ1) is 12.4. The first-order valence-electron chi connectivity index (χ1n) is 6.16. The number of hydrogen-bond acceptors (Lipinski definition) is 1. The number of nitrogens with one attached hydrogen (secondary N) is 1. The third-order valence-electron chi connectivity index (χ3n) is 2.87. The lowest BCUT2D eigenvalue weighted by atomic mass is 10.1. The van der Waals surface area contributed by atoms with E-state index in [0.29, 0.717) is 5.56 Å². The molecule has 2 nitrogen and oxygen atoms in total. The lowest BCUT2D eigenvalue weighted by Crippen LogP contribution is -2.12. The van der Waals surface area contributed by atoms with E-state index in [1.165, 1.54) is 5.56 Å². The largest absolute Gasteiger partial charge is 0.322 e. The summed E-state index contributed by atoms with van der Waals surface area (Å²) in [5.74, 6) is -0.0594. The fourth-order valence-corrected chi connectivity index (χ4v) is 1.86. The van der Waals surface area contributed by atoms with Crippen LogP contribution in [0.5, 0.6) is 0 Å². The SMILES string of the molecule is CCc1cccc(C(=O)Nc2cccc(C)c2)c1. The highest BCUT2D eigenvalue weighted by atomic mass is 16.1. The fraction of sp³-hybridized carbons (Fsp3) is 0.188. The summed E-state index contributed by atoms with van der Waals surface area (Å²) in [5, 5.41) is 2.91. The number of amides is 1. The van der Waals surface area contributed by atoms with Crippen LogP contribution in [0.2, 0.25) is 0 Å². The van der Waals surface area contributed by atoms with Gasteiger partial charge in [-0.3, -0.25) is 4.79 Å². The molecule has 18 heavy (non-hydrogen) atoms. The highest BCUT2D eigenvalue weighted by molar-refractivity contribution is 6.04. The molecule has 0 unspecified atom stereocenters. The normalized spacial score (nSPS) is 10.1. The Kier molecular flexibility index (Phi) is 3.78. The summed E-state index contributed by atoms with van der Waals surface area (Å²) in [4.78, 5) is 12.1. The van der Waals surface area contributed by atoms with E-state index in [4.69, 9.17) is 0 Å². The summed E-state index contributed by atoms with van der Waals surface area (Å²) >= 11 is 0. The van der Waals surface area contributed by atoms with Crippen LogP contribution in [0.4, 0.5) is 5.69 Å². The maximum Gasteiger partial charge on any atom is 0.255 e. The van der Waals surface area contributed by atoms with Crippen LogP contribution >= 0.6 is 0 Å². The Balaban J connectivity index is 2.16. The Bertz CT molecular complexity index is 561. The van der Waals surface area contributed by atoms with Gasteiger partial charge in [-0.15, -0.1) is 0 Å². The quantitative estimate of drug-likeness (QED) is 0.867. The van der Waals surface area contributed by atoms with Gasteiger partial charge in [0.15, 0.2) is 0 Å². The predicted octanol–water partition coefficient (Wildman–Crippen LogP) is 3.81. The molecule has 0 aliphatic heterocycles. The number of aryl methyl sites for hydroxylation is 2. The summed E-state index contributed by atoms with van der Waals surface area (Å²) in [6.45, 7) is 4.09. The van der Waals surface area contributed by atoms with Crippen molar-refractivity contribution in [1.82, 2.24) is 0 Å². The predicted molar refractivity (Wildman–Crippen MR) is 75.0 cm³/mol. The zero-order valence-electron chi connectivity index (χ0n) is 10.7. The van der Waals surface area contributed by atoms with Gasteiger partial charge in [0.1, 0.15) is 0 Å². The zero-order valence-corrected chi connectivity index (χ0v) is 10.7. The molecule has 0 saturated heterocycles. The van der Waals surface area contributed by atoms with E-state index in [2.05, 4.69) is 12.2 Å². The monoisotopic (exact) mass is 239 g/mol. The summed E-state index contributed by atoms with van der Waals surface area (Å²) in [5.41, 5.74) is 3.85. The first-order chi connectivity index (χ1) is 8.69. The number of anilines is 1. The molecule has 0 heterocycles. The van der Waals surface area contributed by atoms with Crippen molar-refractivity contribution in [3.63, 3.8) is 0 Å². The van der Waals surface area contributed by atoms with Gasteiger partial charge in [0.05, 0.1) is 0 Å². The molecule has 2 heteroatoms. The Hall–Kier alpha value is -2.09. The second-order valence-electron chi connectivity index (χ2n) is 4.38. The fourth-order valence-electron chi connectivity index (χ4n) is 1.86. The number of hydrogen-bond donors (Lipinski definition) is 1. The van der Waals surface area contributed by atoms with Crippen molar-refractivity contribution >= 4 is 11.6 Å². The number of carbonyl (C=O) groups excluding carboxylic acids is 1. The molecule has 0 aromatic heterocycles. The van der Waals surface area contributed by atoms with E-state index in [9.17, 15) is 4.79 Å². The van der Waals surface area contributed by atoms with Crippen LogP contribution in [0.1, 0.15) is 28.4 Å². The molecule has 0 aliphatic carbocycles. The van der Waals surface area contributed by atoms with E-state index in [1.807, 2.05) is 55.5 Å². The minimum Gasteiger partial charge on any atom is -0.322 e. The van der Waals surface area contributed by atoms with E-state index >= 15 is 0 Å². The molecular weight excluding hydrogens is 222 g/mol. The van der Waals surface area contributed by atoms with Gasteiger partial charge in [-0.05, 0) is 48.7 Å². The Morgan fingerprint density at radius 1 is 1.11 bits per heavy atom. The standard InChI is InChI=1S/C16H17NO/c1-3-13-7-5-8-14(11-13)16(18)17-15-9-4-6-12(2)10-15/h4-11H,3H2,1-2H3,(H,17,18). The van der Waals surface area contributed by atoms with Crippen molar-refractivity contribution < 1.29 is 4.79 Å². The van der Waals surface area contributed by atoms with E-state index in [0.717, 1.165) is 17.7 Å². The highest BCUT2D eigenvalue weighted by Gasteiger charge is 2.06. The maximum atomic E-state index is 12.1. The molecule has 1 N–H and O–H groups in total. The second-order valence-corrected chi connectivity index (χ2v) is 4.38. The minimum atomic E-state index is -0.0594. The van der Waals surface area contributed by atoms with Gasteiger partial charge < -0.3 is 5.32 Å². The van der Waals surface area contributed by atoms with Crippen molar-refractivity contribution in [2.75, 3.05) is 5.32 Å². The molecule has 0 fully saturated rings. The molecule has 2 aromatic carbocycles. The van der Waals surface area contributed by atoms with Gasteiger partial charge in [-0.2, -0.15) is 0 Å². The van der Waals surface area contributed by atoms with E-state index < -0.39 is 0 Å². The average molecular weight is 239 g/mol. The van der Waals surface area contributed by atoms with Crippen molar-refractivity contribution in [3.8, 4) is 0 Å². The van der Waals surface area contributed by atoms with E-state index in [1.54, 1.807) is 0 Å². The molecule has 0 atom stereocenters. The topological polar surface area (TPSA) is 29.1 Å². The van der Waals surface area contributed by atoms with Gasteiger partial charge in [-0.25, -0.2) is 0 Å². The van der Waals surface area contributed by atoms with Crippen LogP contribution in [0.15, 0.2) is 48.5 Å². The second kappa shape index (κ2) is 5.50. The van der Waals surface area contributed by atoms with Crippen LogP contribution in [0.25, 0.3) is 0 Å². The van der Waals surface area contributed by atoms with Crippen molar-refractivity contribution in [3.05, 3.63) is 65.2 Å². The average Bonchev–Trinajstić information content (AvgIpc) is 2.39. The van der Waals surface area contributed by atoms with Gasteiger partial charge in [0, 0.05) is 11.3 Å². The molecule has 2 aromatic rings. The Morgan fingerprint density at radius 2 is 1.89 bits per heavy atom. The number of rotatable bonds is 3. The minimum absolute atomic E-state index is 0.0594. The smallest absolute Gasteiger partial charge is 0.255 e. The molecule has 92 valence electrons. The molecule has 0 radical (unpaired) electrons. The summed E-state index contributed by atoms with van der Waals surface area (Å²) in [6, 6.07) is 15.5. The first-order valence-corrected chi connectivity index (χ1v) is 6.16. The Morgan fingerprint density at radius 3 is 2.61 bits per heavy atom. The van der Waals surface area contributed by atoms with E-state index in [-0.39, 0.29) is 5.91 Å². The molecule has 2 rings (SSSR count). The third-order valence-corrected chi connectivity index (χ3v) is 2.87. The summed E-state index contributed by atoms with van der Waals surface area (Å²) < 4.78 is 0. The van der Waals surface area contributed by atoms with Crippen molar-refractivity contribution in [2.24, 2.45) is 0 Å². The summed E-state index contributed by atoms with van der Waals surface area (Å²) in [7, 11) is 0. The van der Waals surface area contributed by atoms with Crippen molar-refractivity contribution in [1.29, 1.82) is 0 Å². The highest BCUT2D eigenvalue weighted by Crippen LogP contribution is 2.12. The van der Waals surface area contributed by atoms with Crippen LogP contribution in [0.3, 0.4) is 0 Å². The van der Waals surface area contributed by atoms with Crippen LogP contribution in [0, 0.1) is 6.92 Å². The lowest BCUT2D eigenvalue weighted by Gasteiger charge is -2.07. The van der Waals surface area contributed by atoms with Gasteiger partial charge in [0.2, 0.25) is 0 Å². The molecular formula is C16H17NO. The number of carbonyl (C=O) groups is 1. The molecule has 1 amide bonds.